The molecule has 2 aliphatic heterocycles. The van der Waals surface area contributed by atoms with Crippen molar-refractivity contribution in [2.45, 2.75) is 76.7 Å². The van der Waals surface area contributed by atoms with E-state index in [1.165, 1.54) is 0 Å². The van der Waals surface area contributed by atoms with Crippen LogP contribution in [0.15, 0.2) is 24.3 Å². The van der Waals surface area contributed by atoms with Gasteiger partial charge in [-0.2, -0.15) is 5.10 Å². The molecule has 1 aromatic heterocycles. The lowest BCUT2D eigenvalue weighted by Crippen LogP contribution is -2.53. The molecule has 0 bridgehead atoms. The van der Waals surface area contributed by atoms with E-state index in [0.717, 1.165) is 36.9 Å². The molecule has 5 rings (SSSR count). The standard InChI is InChI=1S/C24H31N5O4/c1-4-16-10-20(30)27-23(25-16)29-19(11-17(28-29)14-8-9-14)26-21(31)13-32-18-7-5-6-15-12-24(2,3)33-22(15)18/h5-7,11,14,16,23,25H,4,8-10,12-13H2,1-3H3,(H,26,31)(H,27,30). The molecular formula is C24H31N5O4. The Balaban J connectivity index is 1.29. The van der Waals surface area contributed by atoms with Gasteiger partial charge in [0.05, 0.1) is 5.69 Å². The van der Waals surface area contributed by atoms with Crippen LogP contribution in [0, 0.1) is 0 Å². The number of ether oxygens (including phenoxy) is 2. The van der Waals surface area contributed by atoms with Crippen LogP contribution in [0.1, 0.15) is 69.9 Å². The molecule has 3 N–H and O–H groups in total. The predicted octanol–water partition coefficient (Wildman–Crippen LogP) is 2.84. The van der Waals surface area contributed by atoms with Crippen molar-refractivity contribution in [2.24, 2.45) is 0 Å². The van der Waals surface area contributed by atoms with Crippen molar-refractivity contribution in [1.29, 1.82) is 0 Å². The first kappa shape index (κ1) is 21.8. The number of anilines is 1. The lowest BCUT2D eigenvalue weighted by molar-refractivity contribution is -0.125. The van der Waals surface area contributed by atoms with Gasteiger partial charge < -0.3 is 20.1 Å². The minimum Gasteiger partial charge on any atom is -0.483 e. The largest absolute Gasteiger partial charge is 0.483 e. The van der Waals surface area contributed by atoms with Gasteiger partial charge in [0.2, 0.25) is 5.91 Å². The monoisotopic (exact) mass is 453 g/mol. The summed E-state index contributed by atoms with van der Waals surface area (Å²) in [6.07, 6.45) is 3.73. The van der Waals surface area contributed by atoms with Crippen LogP contribution in [-0.4, -0.2) is 39.8 Å². The summed E-state index contributed by atoms with van der Waals surface area (Å²) in [6.45, 7) is 5.94. The summed E-state index contributed by atoms with van der Waals surface area (Å²) < 4.78 is 13.5. The molecule has 9 heteroatoms. The van der Waals surface area contributed by atoms with Crippen molar-refractivity contribution in [3.63, 3.8) is 0 Å². The molecule has 9 nitrogen and oxygen atoms in total. The molecule has 33 heavy (non-hydrogen) atoms. The Morgan fingerprint density at radius 2 is 2.18 bits per heavy atom. The van der Waals surface area contributed by atoms with E-state index in [1.807, 2.05) is 45.0 Å². The van der Waals surface area contributed by atoms with Crippen molar-refractivity contribution in [3.05, 3.63) is 35.5 Å². The second kappa shape index (κ2) is 8.37. The summed E-state index contributed by atoms with van der Waals surface area (Å²) in [4.78, 5) is 25.0. The number of amides is 2. The van der Waals surface area contributed by atoms with Crippen molar-refractivity contribution < 1.29 is 19.1 Å². The zero-order chi connectivity index (χ0) is 23.2. The highest BCUT2D eigenvalue weighted by molar-refractivity contribution is 5.91. The molecule has 1 saturated carbocycles. The van der Waals surface area contributed by atoms with Gasteiger partial charge in [0.25, 0.3) is 5.91 Å². The zero-order valence-electron chi connectivity index (χ0n) is 19.3. The lowest BCUT2D eigenvalue weighted by Gasteiger charge is -2.31. The highest BCUT2D eigenvalue weighted by Crippen LogP contribution is 2.42. The maximum atomic E-state index is 12.8. The molecule has 2 fully saturated rings. The summed E-state index contributed by atoms with van der Waals surface area (Å²) in [5, 5.41) is 13.9. The van der Waals surface area contributed by atoms with E-state index in [4.69, 9.17) is 14.6 Å². The number of aromatic nitrogens is 2. The van der Waals surface area contributed by atoms with Gasteiger partial charge in [0, 0.05) is 36.4 Å². The number of hydrogen-bond acceptors (Lipinski definition) is 6. The molecule has 1 aromatic carbocycles. The molecule has 1 saturated heterocycles. The van der Waals surface area contributed by atoms with Gasteiger partial charge in [0.1, 0.15) is 11.4 Å². The summed E-state index contributed by atoms with van der Waals surface area (Å²) >= 11 is 0. The Labute approximate surface area is 193 Å². The van der Waals surface area contributed by atoms with Gasteiger partial charge in [-0.25, -0.2) is 4.68 Å². The van der Waals surface area contributed by atoms with Crippen LogP contribution in [0.3, 0.4) is 0 Å². The van der Waals surface area contributed by atoms with Crippen molar-refractivity contribution in [1.82, 2.24) is 20.4 Å². The fraction of sp³-hybridized carbons (Fsp3) is 0.542. The Kier molecular flexibility index (Phi) is 5.52. The number of rotatable bonds is 7. The number of carbonyl (C=O) groups is 2. The summed E-state index contributed by atoms with van der Waals surface area (Å²) in [6, 6.07) is 7.70. The van der Waals surface area contributed by atoms with Crippen LogP contribution in [0.25, 0.3) is 0 Å². The van der Waals surface area contributed by atoms with Crippen molar-refractivity contribution in [2.75, 3.05) is 11.9 Å². The van der Waals surface area contributed by atoms with E-state index in [9.17, 15) is 9.59 Å². The molecule has 0 spiro atoms. The summed E-state index contributed by atoms with van der Waals surface area (Å²) in [7, 11) is 0. The Morgan fingerprint density at radius 3 is 2.94 bits per heavy atom. The average Bonchev–Trinajstić information content (AvgIpc) is 3.45. The lowest BCUT2D eigenvalue weighted by atomic mass is 10.0. The van der Waals surface area contributed by atoms with Gasteiger partial charge in [-0.1, -0.05) is 19.1 Å². The van der Waals surface area contributed by atoms with Crippen LogP contribution in [0.2, 0.25) is 0 Å². The quantitative estimate of drug-likeness (QED) is 0.595. The normalized spacial score (nSPS) is 23.4. The number of para-hydroxylation sites is 1. The summed E-state index contributed by atoms with van der Waals surface area (Å²) in [5.74, 6) is 1.88. The third-order valence-electron chi connectivity index (χ3n) is 6.29. The Bertz CT molecular complexity index is 1070. The molecular weight excluding hydrogens is 422 g/mol. The zero-order valence-corrected chi connectivity index (χ0v) is 19.3. The highest BCUT2D eigenvalue weighted by Gasteiger charge is 2.34. The van der Waals surface area contributed by atoms with Gasteiger partial charge in [0.15, 0.2) is 24.4 Å². The van der Waals surface area contributed by atoms with Crippen LogP contribution in [0.5, 0.6) is 11.5 Å². The average molecular weight is 454 g/mol. The second-order valence-electron chi connectivity index (χ2n) is 9.74. The fourth-order valence-electron chi connectivity index (χ4n) is 4.46. The SMILES string of the molecule is CCC1CC(=O)NC(n2nc(C3CC3)cc2NC(=O)COc2cccc3c2OC(C)(C)C3)N1. The maximum absolute atomic E-state index is 12.8. The smallest absolute Gasteiger partial charge is 0.263 e. The molecule has 2 unspecified atom stereocenters. The molecule has 2 aromatic rings. The van der Waals surface area contributed by atoms with E-state index in [-0.39, 0.29) is 30.1 Å². The number of nitrogens with zero attached hydrogens (tertiary/aromatic N) is 2. The fourth-order valence-corrected chi connectivity index (χ4v) is 4.46. The first-order chi connectivity index (χ1) is 15.8. The second-order valence-corrected chi connectivity index (χ2v) is 9.74. The molecule has 3 aliphatic rings. The Hall–Kier alpha value is -3.07. The van der Waals surface area contributed by atoms with Gasteiger partial charge in [-0.15, -0.1) is 0 Å². The number of fused-ring (bicyclic) bond motifs is 1. The molecule has 2 atom stereocenters. The van der Waals surface area contributed by atoms with Crippen LogP contribution < -0.4 is 25.4 Å². The number of nitrogens with one attached hydrogen (secondary N) is 3. The number of benzene rings is 1. The van der Waals surface area contributed by atoms with Crippen molar-refractivity contribution in [3.8, 4) is 11.5 Å². The minimum absolute atomic E-state index is 0.0319. The third-order valence-corrected chi connectivity index (χ3v) is 6.29. The molecule has 3 heterocycles. The predicted molar refractivity (Wildman–Crippen MR) is 122 cm³/mol. The molecule has 0 radical (unpaired) electrons. The highest BCUT2D eigenvalue weighted by atomic mass is 16.5. The minimum atomic E-state index is -0.507. The van der Waals surface area contributed by atoms with E-state index in [2.05, 4.69) is 16.0 Å². The number of hydrogen-bond donors (Lipinski definition) is 3. The van der Waals surface area contributed by atoms with Gasteiger partial charge in [-0.05, 0) is 39.2 Å². The molecule has 176 valence electrons. The van der Waals surface area contributed by atoms with E-state index in [0.29, 0.717) is 29.7 Å². The van der Waals surface area contributed by atoms with E-state index >= 15 is 0 Å². The van der Waals surface area contributed by atoms with Crippen LogP contribution >= 0.6 is 0 Å². The molecule has 1 aliphatic carbocycles. The van der Waals surface area contributed by atoms with Crippen LogP contribution in [0.4, 0.5) is 5.82 Å². The van der Waals surface area contributed by atoms with Gasteiger partial charge in [-0.3, -0.25) is 14.9 Å². The van der Waals surface area contributed by atoms with Crippen LogP contribution in [-0.2, 0) is 16.0 Å². The Morgan fingerprint density at radius 1 is 1.36 bits per heavy atom. The van der Waals surface area contributed by atoms with E-state index < -0.39 is 6.29 Å². The number of carbonyl (C=O) groups excluding carboxylic acids is 2. The molecule has 2 amide bonds. The first-order valence-corrected chi connectivity index (χ1v) is 11.7. The topological polar surface area (TPSA) is 107 Å². The van der Waals surface area contributed by atoms with E-state index in [1.54, 1.807) is 4.68 Å². The first-order valence-electron chi connectivity index (χ1n) is 11.7. The van der Waals surface area contributed by atoms with Gasteiger partial charge >= 0.3 is 0 Å². The third kappa shape index (κ3) is 4.68. The summed E-state index contributed by atoms with van der Waals surface area (Å²) in [5.41, 5.74) is 1.72. The maximum Gasteiger partial charge on any atom is 0.263 e. The van der Waals surface area contributed by atoms with Crippen molar-refractivity contribution >= 4 is 17.6 Å².